The monoisotopic (exact) mass is 268 g/mol. The molecule has 0 saturated carbocycles. The van der Waals surface area contributed by atoms with Gasteiger partial charge in [-0.3, -0.25) is 4.79 Å². The maximum atomic E-state index is 12.2. The Bertz CT molecular complexity index is 593. The van der Waals surface area contributed by atoms with Crippen molar-refractivity contribution in [2.24, 2.45) is 5.92 Å². The van der Waals surface area contributed by atoms with Crippen LogP contribution in [0.4, 0.5) is 5.69 Å². The molecule has 0 aromatic heterocycles. The van der Waals surface area contributed by atoms with Gasteiger partial charge in [0.05, 0.1) is 5.56 Å². The van der Waals surface area contributed by atoms with Crippen molar-refractivity contribution in [1.29, 1.82) is 0 Å². The highest BCUT2D eigenvalue weighted by atomic mass is 32.2. The minimum absolute atomic E-state index is 0.0243. The van der Waals surface area contributed by atoms with Gasteiger partial charge in [0, 0.05) is 12.2 Å². The summed E-state index contributed by atoms with van der Waals surface area (Å²) in [7, 11) is -3.71. The topological polar surface area (TPSA) is 80.5 Å². The Hall–Kier alpha value is -1.56. The van der Waals surface area contributed by atoms with Gasteiger partial charge < -0.3 is 5.73 Å². The maximum absolute atomic E-state index is 12.2. The third-order valence-corrected chi connectivity index (χ3v) is 4.76. The van der Waals surface area contributed by atoms with Gasteiger partial charge in [-0.15, -0.1) is 0 Å². The van der Waals surface area contributed by atoms with Crippen LogP contribution >= 0.6 is 0 Å². The van der Waals surface area contributed by atoms with Crippen LogP contribution in [0.2, 0.25) is 0 Å². The Morgan fingerprint density at radius 2 is 2.00 bits per heavy atom. The number of nitrogens with zero attached hydrogens (tertiary/aromatic N) is 1. The van der Waals surface area contributed by atoms with Crippen LogP contribution in [-0.2, 0) is 10.0 Å². The zero-order valence-corrected chi connectivity index (χ0v) is 11.2. The summed E-state index contributed by atoms with van der Waals surface area (Å²) in [6.45, 7) is 4.18. The number of rotatable bonds is 3. The van der Waals surface area contributed by atoms with Crippen molar-refractivity contribution in [3.05, 3.63) is 23.8 Å². The SMILES string of the molecule is CC(C)CCN1C(=O)c2ccc(N)cc2S1(=O)=O. The molecular formula is C12H16N2O3S. The van der Waals surface area contributed by atoms with Gasteiger partial charge in [-0.1, -0.05) is 13.8 Å². The van der Waals surface area contributed by atoms with E-state index in [0.717, 1.165) is 4.31 Å². The third kappa shape index (κ3) is 1.96. The lowest BCUT2D eigenvalue weighted by atomic mass is 10.1. The quantitative estimate of drug-likeness (QED) is 0.841. The summed E-state index contributed by atoms with van der Waals surface area (Å²) in [5, 5.41) is 0. The summed E-state index contributed by atoms with van der Waals surface area (Å²) in [5.41, 5.74) is 6.13. The Balaban J connectivity index is 2.42. The Morgan fingerprint density at radius 1 is 1.33 bits per heavy atom. The highest BCUT2D eigenvalue weighted by molar-refractivity contribution is 7.90. The molecule has 0 aliphatic carbocycles. The minimum atomic E-state index is -3.71. The first-order valence-corrected chi connectivity index (χ1v) is 7.24. The molecule has 2 N–H and O–H groups in total. The summed E-state index contributed by atoms with van der Waals surface area (Å²) in [6, 6.07) is 4.36. The molecule has 98 valence electrons. The van der Waals surface area contributed by atoms with E-state index in [0.29, 0.717) is 18.0 Å². The summed E-state index contributed by atoms with van der Waals surface area (Å²) in [4.78, 5) is 12.1. The molecule has 0 unspecified atom stereocenters. The van der Waals surface area contributed by atoms with Crippen molar-refractivity contribution in [2.45, 2.75) is 25.2 Å². The number of hydrogen-bond donors (Lipinski definition) is 1. The fourth-order valence-electron chi connectivity index (χ4n) is 1.89. The molecule has 0 bridgehead atoms. The highest BCUT2D eigenvalue weighted by Gasteiger charge is 2.40. The van der Waals surface area contributed by atoms with Gasteiger partial charge in [0.15, 0.2) is 0 Å². The predicted molar refractivity (Wildman–Crippen MR) is 68.5 cm³/mol. The minimum Gasteiger partial charge on any atom is -0.399 e. The average molecular weight is 268 g/mol. The van der Waals surface area contributed by atoms with Gasteiger partial charge in [0.2, 0.25) is 0 Å². The Labute approximate surface area is 107 Å². The zero-order valence-electron chi connectivity index (χ0n) is 10.4. The van der Waals surface area contributed by atoms with Gasteiger partial charge in [-0.25, -0.2) is 12.7 Å². The molecule has 0 radical (unpaired) electrons. The summed E-state index contributed by atoms with van der Waals surface area (Å²) in [6.07, 6.45) is 0.647. The number of anilines is 1. The van der Waals surface area contributed by atoms with Gasteiger partial charge in [-0.05, 0) is 30.5 Å². The Morgan fingerprint density at radius 3 is 2.61 bits per heavy atom. The molecule has 1 amide bonds. The van der Waals surface area contributed by atoms with E-state index in [9.17, 15) is 13.2 Å². The molecule has 18 heavy (non-hydrogen) atoms. The second-order valence-electron chi connectivity index (χ2n) is 4.82. The second kappa shape index (κ2) is 4.28. The van der Waals surface area contributed by atoms with Crippen LogP contribution in [0.5, 0.6) is 0 Å². The average Bonchev–Trinajstić information content (AvgIpc) is 2.45. The van der Waals surface area contributed by atoms with Crippen LogP contribution < -0.4 is 5.73 Å². The van der Waals surface area contributed by atoms with Crippen molar-refractivity contribution < 1.29 is 13.2 Å². The van der Waals surface area contributed by atoms with Crippen molar-refractivity contribution >= 4 is 21.6 Å². The molecule has 0 atom stereocenters. The molecule has 1 aliphatic heterocycles. The predicted octanol–water partition coefficient (Wildman–Crippen LogP) is 1.46. The van der Waals surface area contributed by atoms with Crippen LogP contribution in [0.25, 0.3) is 0 Å². The normalized spacial score (nSPS) is 17.3. The summed E-state index contributed by atoms with van der Waals surface area (Å²) >= 11 is 0. The molecular weight excluding hydrogens is 252 g/mol. The van der Waals surface area contributed by atoms with E-state index in [-0.39, 0.29) is 17.0 Å². The van der Waals surface area contributed by atoms with E-state index in [4.69, 9.17) is 5.73 Å². The van der Waals surface area contributed by atoms with E-state index in [1.165, 1.54) is 18.2 Å². The number of carbonyl (C=O) groups excluding carboxylic acids is 1. The van der Waals surface area contributed by atoms with Gasteiger partial charge in [0.25, 0.3) is 15.9 Å². The molecule has 5 nitrogen and oxygen atoms in total. The molecule has 0 spiro atoms. The first-order chi connectivity index (χ1) is 8.34. The number of sulfonamides is 1. The van der Waals surface area contributed by atoms with Crippen molar-refractivity contribution in [2.75, 3.05) is 12.3 Å². The number of fused-ring (bicyclic) bond motifs is 1. The van der Waals surface area contributed by atoms with Crippen molar-refractivity contribution in [1.82, 2.24) is 4.31 Å². The number of hydrogen-bond acceptors (Lipinski definition) is 4. The number of nitrogen functional groups attached to an aromatic ring is 1. The first kappa shape index (κ1) is 12.9. The lowest BCUT2D eigenvalue weighted by Crippen LogP contribution is -2.31. The van der Waals surface area contributed by atoms with Crippen LogP contribution in [-0.4, -0.2) is 25.2 Å². The number of amides is 1. The molecule has 0 fully saturated rings. The van der Waals surface area contributed by atoms with Crippen molar-refractivity contribution in [3.8, 4) is 0 Å². The molecule has 2 rings (SSSR count). The smallest absolute Gasteiger partial charge is 0.269 e. The number of nitrogens with two attached hydrogens (primary N) is 1. The first-order valence-electron chi connectivity index (χ1n) is 5.80. The lowest BCUT2D eigenvalue weighted by molar-refractivity contribution is 0.0867. The van der Waals surface area contributed by atoms with Crippen molar-refractivity contribution in [3.63, 3.8) is 0 Å². The number of benzene rings is 1. The zero-order chi connectivity index (χ0) is 13.5. The Kier molecular flexibility index (Phi) is 3.06. The standard InChI is InChI=1S/C12H16N2O3S/c1-8(2)5-6-14-12(15)10-4-3-9(13)7-11(10)18(14,16)17/h3-4,7-8H,5-6,13H2,1-2H3. The third-order valence-electron chi connectivity index (χ3n) is 2.94. The lowest BCUT2D eigenvalue weighted by Gasteiger charge is -2.16. The van der Waals surface area contributed by atoms with Gasteiger partial charge in [0.1, 0.15) is 4.90 Å². The van der Waals surface area contributed by atoms with E-state index in [2.05, 4.69) is 0 Å². The van der Waals surface area contributed by atoms with E-state index in [1.54, 1.807) is 0 Å². The van der Waals surface area contributed by atoms with Gasteiger partial charge >= 0.3 is 0 Å². The van der Waals surface area contributed by atoms with Gasteiger partial charge in [-0.2, -0.15) is 0 Å². The van der Waals surface area contributed by atoms with Crippen LogP contribution in [0.1, 0.15) is 30.6 Å². The molecule has 6 heteroatoms. The van der Waals surface area contributed by atoms with Crippen LogP contribution in [0.15, 0.2) is 23.1 Å². The summed E-state index contributed by atoms with van der Waals surface area (Å²) in [5.74, 6) is -0.118. The highest BCUT2D eigenvalue weighted by Crippen LogP contribution is 2.31. The molecule has 1 aliphatic rings. The van der Waals surface area contributed by atoms with E-state index < -0.39 is 15.9 Å². The largest absolute Gasteiger partial charge is 0.399 e. The second-order valence-corrected chi connectivity index (χ2v) is 6.65. The number of carbonyl (C=O) groups is 1. The fourth-order valence-corrected chi connectivity index (χ4v) is 3.51. The fraction of sp³-hybridized carbons (Fsp3) is 0.417. The molecule has 0 saturated heterocycles. The maximum Gasteiger partial charge on any atom is 0.269 e. The molecule has 1 heterocycles. The molecule has 1 aromatic carbocycles. The molecule has 1 aromatic rings. The van der Waals surface area contributed by atoms with E-state index in [1.807, 2.05) is 13.8 Å². The summed E-state index contributed by atoms with van der Waals surface area (Å²) < 4.78 is 25.4. The van der Waals surface area contributed by atoms with Crippen LogP contribution in [0, 0.1) is 5.92 Å². The van der Waals surface area contributed by atoms with E-state index >= 15 is 0 Å². The van der Waals surface area contributed by atoms with Crippen LogP contribution in [0.3, 0.4) is 0 Å².